The van der Waals surface area contributed by atoms with E-state index in [0.717, 1.165) is 19.6 Å². The lowest BCUT2D eigenvalue weighted by Gasteiger charge is -2.18. The number of nitrogens with two attached hydrogens (primary N) is 1. The second-order valence-corrected chi connectivity index (χ2v) is 3.10. The first kappa shape index (κ1) is 12.8. The molecular weight excluding hydrogens is 150 g/mol. The molecule has 0 fully saturated rings. The van der Waals surface area contributed by atoms with Crippen LogP contribution in [-0.2, 0) is 4.74 Å². The summed E-state index contributed by atoms with van der Waals surface area (Å²) in [5, 5.41) is 0. The van der Waals surface area contributed by atoms with Crippen LogP contribution < -0.4 is 5.73 Å². The van der Waals surface area contributed by atoms with Crippen LogP contribution >= 0.6 is 12.4 Å². The molecule has 3 heteroatoms. The van der Waals surface area contributed by atoms with Crippen LogP contribution in [0.15, 0.2) is 0 Å². The molecule has 0 amide bonds. The molecule has 2 nitrogen and oxygen atoms in total. The molecule has 0 spiro atoms. The van der Waals surface area contributed by atoms with Gasteiger partial charge in [-0.3, -0.25) is 0 Å². The van der Waals surface area contributed by atoms with Crippen LogP contribution in [0.4, 0.5) is 0 Å². The summed E-state index contributed by atoms with van der Waals surface area (Å²) in [5.41, 5.74) is 5.27. The van der Waals surface area contributed by atoms with Crippen LogP contribution in [0.5, 0.6) is 0 Å². The van der Waals surface area contributed by atoms with Crippen molar-refractivity contribution >= 4 is 12.4 Å². The van der Waals surface area contributed by atoms with Gasteiger partial charge in [0, 0.05) is 6.61 Å². The molecule has 0 atom stereocenters. The molecule has 0 unspecified atom stereocenters. The predicted octanol–water partition coefficient (Wildman–Crippen LogP) is 1.57. The number of hydrogen-bond acceptors (Lipinski definition) is 2. The lowest BCUT2D eigenvalue weighted by atomic mass is 10.2. The number of ether oxygens (including phenoxy) is 1. The van der Waals surface area contributed by atoms with Gasteiger partial charge in [-0.1, -0.05) is 0 Å². The van der Waals surface area contributed by atoms with Crippen molar-refractivity contribution in [3.8, 4) is 0 Å². The van der Waals surface area contributed by atoms with Gasteiger partial charge in [-0.05, 0) is 33.7 Å². The molecule has 0 aromatic rings. The molecule has 0 aliphatic carbocycles. The van der Waals surface area contributed by atoms with Gasteiger partial charge in [0.15, 0.2) is 0 Å². The Morgan fingerprint density at radius 3 is 2.10 bits per heavy atom. The second kappa shape index (κ2) is 5.96. The average Bonchev–Trinajstić information content (AvgIpc) is 1.63. The zero-order valence-electron chi connectivity index (χ0n) is 7.02. The van der Waals surface area contributed by atoms with Gasteiger partial charge in [-0.15, -0.1) is 12.4 Å². The zero-order chi connectivity index (χ0) is 7.33. The Morgan fingerprint density at radius 2 is 1.80 bits per heavy atom. The number of halogens is 1. The van der Waals surface area contributed by atoms with Crippen molar-refractivity contribution in [2.75, 3.05) is 13.2 Å². The molecule has 0 saturated carbocycles. The second-order valence-electron chi connectivity index (χ2n) is 3.10. The van der Waals surface area contributed by atoms with Crippen LogP contribution in [0.2, 0.25) is 0 Å². The molecule has 0 aliphatic heterocycles. The Morgan fingerprint density at radius 1 is 1.30 bits per heavy atom. The summed E-state index contributed by atoms with van der Waals surface area (Å²) in [4.78, 5) is 0. The van der Waals surface area contributed by atoms with E-state index in [4.69, 9.17) is 10.5 Å². The Hall–Kier alpha value is 0.210. The van der Waals surface area contributed by atoms with E-state index in [9.17, 15) is 0 Å². The first-order valence-electron chi connectivity index (χ1n) is 3.40. The largest absolute Gasteiger partial charge is 0.376 e. The first-order chi connectivity index (χ1) is 4.06. The van der Waals surface area contributed by atoms with E-state index in [1.807, 2.05) is 20.8 Å². The summed E-state index contributed by atoms with van der Waals surface area (Å²) in [6.07, 6.45) is 0.956. The third-order valence-corrected chi connectivity index (χ3v) is 0.884. The van der Waals surface area contributed by atoms with E-state index in [-0.39, 0.29) is 18.0 Å². The van der Waals surface area contributed by atoms with Gasteiger partial charge in [0.1, 0.15) is 0 Å². The minimum absolute atomic E-state index is 0. The smallest absolute Gasteiger partial charge is 0.0598 e. The Bertz CT molecular complexity index is 70.5. The summed E-state index contributed by atoms with van der Waals surface area (Å²) >= 11 is 0. The molecule has 2 N–H and O–H groups in total. The van der Waals surface area contributed by atoms with Gasteiger partial charge in [0.05, 0.1) is 5.60 Å². The summed E-state index contributed by atoms with van der Waals surface area (Å²) in [7, 11) is 0. The van der Waals surface area contributed by atoms with Gasteiger partial charge in [0.25, 0.3) is 0 Å². The number of rotatable bonds is 3. The van der Waals surface area contributed by atoms with Gasteiger partial charge >= 0.3 is 0 Å². The fraction of sp³-hybridized carbons (Fsp3) is 1.00. The van der Waals surface area contributed by atoms with Crippen molar-refractivity contribution in [3.05, 3.63) is 0 Å². The highest BCUT2D eigenvalue weighted by Crippen LogP contribution is 2.05. The molecule has 10 heavy (non-hydrogen) atoms. The quantitative estimate of drug-likeness (QED) is 0.648. The topological polar surface area (TPSA) is 35.2 Å². The fourth-order valence-electron chi connectivity index (χ4n) is 0.462. The predicted molar refractivity (Wildman–Crippen MR) is 46.6 cm³/mol. The van der Waals surface area contributed by atoms with Crippen LogP contribution in [0, 0.1) is 0 Å². The first-order valence-corrected chi connectivity index (χ1v) is 3.40. The zero-order valence-corrected chi connectivity index (χ0v) is 7.83. The van der Waals surface area contributed by atoms with Gasteiger partial charge in [-0.25, -0.2) is 0 Å². The van der Waals surface area contributed by atoms with Crippen LogP contribution in [0.25, 0.3) is 0 Å². The Balaban J connectivity index is 0. The van der Waals surface area contributed by atoms with Crippen LogP contribution in [0.3, 0.4) is 0 Å². The highest BCUT2D eigenvalue weighted by molar-refractivity contribution is 5.85. The van der Waals surface area contributed by atoms with E-state index >= 15 is 0 Å². The fourth-order valence-corrected chi connectivity index (χ4v) is 0.462. The summed E-state index contributed by atoms with van der Waals surface area (Å²) in [5.74, 6) is 0. The Labute approximate surface area is 69.5 Å². The molecule has 0 aromatic carbocycles. The lowest BCUT2D eigenvalue weighted by molar-refractivity contribution is -0.00310. The standard InChI is InChI=1S/C7H17NO.ClH/c1-7(2,3)9-6-4-5-8;/h4-6,8H2,1-3H3;1H. The number of hydrogen-bond donors (Lipinski definition) is 1. The maximum absolute atomic E-state index is 5.39. The molecule has 0 radical (unpaired) electrons. The van der Waals surface area contributed by atoms with Crippen LogP contribution in [0.1, 0.15) is 27.2 Å². The normalized spacial score (nSPS) is 10.8. The summed E-state index contributed by atoms with van der Waals surface area (Å²) in [6, 6.07) is 0. The van der Waals surface area contributed by atoms with E-state index in [1.54, 1.807) is 0 Å². The molecule has 0 heterocycles. The van der Waals surface area contributed by atoms with E-state index in [1.165, 1.54) is 0 Å². The summed E-state index contributed by atoms with van der Waals surface area (Å²) < 4.78 is 5.39. The van der Waals surface area contributed by atoms with Gasteiger partial charge in [-0.2, -0.15) is 0 Å². The third-order valence-electron chi connectivity index (χ3n) is 0.884. The molecule has 0 aliphatic rings. The Kier molecular flexibility index (Phi) is 7.65. The van der Waals surface area contributed by atoms with Gasteiger partial charge in [0.2, 0.25) is 0 Å². The lowest BCUT2D eigenvalue weighted by Crippen LogP contribution is -2.20. The van der Waals surface area contributed by atoms with Crippen LogP contribution in [-0.4, -0.2) is 18.8 Å². The summed E-state index contributed by atoms with van der Waals surface area (Å²) in [6.45, 7) is 7.63. The monoisotopic (exact) mass is 167 g/mol. The minimum atomic E-state index is -0.00479. The van der Waals surface area contributed by atoms with E-state index < -0.39 is 0 Å². The van der Waals surface area contributed by atoms with Crippen molar-refractivity contribution in [1.82, 2.24) is 0 Å². The molecule has 0 rings (SSSR count). The van der Waals surface area contributed by atoms with E-state index in [0.29, 0.717) is 0 Å². The maximum atomic E-state index is 5.39. The molecule has 64 valence electrons. The third kappa shape index (κ3) is 11.1. The van der Waals surface area contributed by atoms with Crippen molar-refractivity contribution in [1.29, 1.82) is 0 Å². The van der Waals surface area contributed by atoms with E-state index in [2.05, 4.69) is 0 Å². The highest BCUT2D eigenvalue weighted by Gasteiger charge is 2.07. The van der Waals surface area contributed by atoms with Gasteiger partial charge < -0.3 is 10.5 Å². The van der Waals surface area contributed by atoms with Crippen molar-refractivity contribution < 1.29 is 4.74 Å². The van der Waals surface area contributed by atoms with Crippen molar-refractivity contribution in [2.45, 2.75) is 32.8 Å². The maximum Gasteiger partial charge on any atom is 0.0598 e. The van der Waals surface area contributed by atoms with Crippen molar-refractivity contribution in [2.24, 2.45) is 5.73 Å². The average molecular weight is 168 g/mol. The SMILES string of the molecule is CC(C)(C)OCCCN.Cl. The molecule has 0 bridgehead atoms. The highest BCUT2D eigenvalue weighted by atomic mass is 35.5. The molecule has 0 aromatic heterocycles. The van der Waals surface area contributed by atoms with Crippen molar-refractivity contribution in [3.63, 3.8) is 0 Å². The molecule has 0 saturated heterocycles. The molecular formula is C7H18ClNO. The minimum Gasteiger partial charge on any atom is -0.376 e.